The monoisotopic (exact) mass is 414 g/mol. The lowest BCUT2D eigenvalue weighted by atomic mass is 9.96. The van der Waals surface area contributed by atoms with Crippen molar-refractivity contribution in [3.8, 4) is 5.75 Å². The molecule has 1 aromatic carbocycles. The summed E-state index contributed by atoms with van der Waals surface area (Å²) in [6, 6.07) is 11.7. The van der Waals surface area contributed by atoms with Gasteiger partial charge in [-0.2, -0.15) is 0 Å². The van der Waals surface area contributed by atoms with E-state index in [2.05, 4.69) is 10.6 Å². The summed E-state index contributed by atoms with van der Waals surface area (Å²) in [6.07, 6.45) is 3.95. The smallest absolute Gasteiger partial charge is 0.375 e. The average Bonchev–Trinajstić information content (AvgIpc) is 3.23. The van der Waals surface area contributed by atoms with Crippen LogP contribution in [0.1, 0.15) is 55.3 Å². The Morgan fingerprint density at radius 1 is 1.07 bits per heavy atom. The Balaban J connectivity index is 1.43. The summed E-state index contributed by atoms with van der Waals surface area (Å²) in [5.41, 5.74) is 0. The first kappa shape index (κ1) is 21.4. The van der Waals surface area contributed by atoms with E-state index in [4.69, 9.17) is 13.9 Å². The van der Waals surface area contributed by atoms with E-state index in [1.54, 1.807) is 6.07 Å². The van der Waals surface area contributed by atoms with Crippen LogP contribution in [0.25, 0.3) is 0 Å². The number of nitrogens with one attached hydrogen (secondary N) is 2. The largest absolute Gasteiger partial charge is 0.486 e. The summed E-state index contributed by atoms with van der Waals surface area (Å²) < 4.78 is 16.1. The maximum Gasteiger partial charge on any atom is 0.375 e. The molecule has 0 saturated heterocycles. The molecule has 8 nitrogen and oxygen atoms in total. The number of furan rings is 1. The molecule has 1 saturated carbocycles. The molecule has 0 spiro atoms. The first-order valence-corrected chi connectivity index (χ1v) is 10.1. The Labute approximate surface area is 174 Å². The van der Waals surface area contributed by atoms with E-state index in [0.29, 0.717) is 11.5 Å². The molecule has 3 rings (SSSR count). The highest BCUT2D eigenvalue weighted by atomic mass is 16.6. The molecule has 0 unspecified atom stereocenters. The maximum atomic E-state index is 12.2. The highest BCUT2D eigenvalue weighted by Gasteiger charge is 2.24. The fraction of sp³-hybridized carbons (Fsp3) is 0.409. The number of para-hydroxylation sites is 1. The number of carbonyl (C=O) groups is 3. The van der Waals surface area contributed by atoms with Gasteiger partial charge in [-0.15, -0.1) is 0 Å². The van der Waals surface area contributed by atoms with Crippen molar-refractivity contribution in [1.82, 2.24) is 10.6 Å². The van der Waals surface area contributed by atoms with Gasteiger partial charge in [0.1, 0.15) is 18.1 Å². The minimum atomic E-state index is -1.15. The summed E-state index contributed by atoms with van der Waals surface area (Å²) in [4.78, 5) is 36.3. The van der Waals surface area contributed by atoms with Gasteiger partial charge in [0, 0.05) is 6.04 Å². The van der Waals surface area contributed by atoms with Crippen LogP contribution < -0.4 is 15.4 Å². The van der Waals surface area contributed by atoms with E-state index >= 15 is 0 Å². The molecule has 160 valence electrons. The van der Waals surface area contributed by atoms with Gasteiger partial charge in [-0.05, 0) is 44.0 Å². The third kappa shape index (κ3) is 6.37. The van der Waals surface area contributed by atoms with Crippen LogP contribution >= 0.6 is 0 Å². The lowest BCUT2D eigenvalue weighted by Crippen LogP contribution is -2.48. The summed E-state index contributed by atoms with van der Waals surface area (Å²) in [7, 11) is 0. The number of imide groups is 1. The molecule has 1 fully saturated rings. The fourth-order valence-electron chi connectivity index (χ4n) is 3.19. The van der Waals surface area contributed by atoms with E-state index in [1.807, 2.05) is 30.3 Å². The summed E-state index contributed by atoms with van der Waals surface area (Å²) in [5, 5.41) is 4.99. The molecule has 3 amide bonds. The molecular formula is C22H26N2O6. The Morgan fingerprint density at radius 2 is 1.80 bits per heavy atom. The van der Waals surface area contributed by atoms with Gasteiger partial charge in [0.25, 0.3) is 5.91 Å². The first-order chi connectivity index (χ1) is 14.5. The zero-order valence-electron chi connectivity index (χ0n) is 16.9. The van der Waals surface area contributed by atoms with Crippen molar-refractivity contribution in [2.24, 2.45) is 0 Å². The van der Waals surface area contributed by atoms with Gasteiger partial charge in [-0.25, -0.2) is 9.59 Å². The molecule has 30 heavy (non-hydrogen) atoms. The number of urea groups is 1. The first-order valence-electron chi connectivity index (χ1n) is 10.1. The number of amides is 3. The van der Waals surface area contributed by atoms with Gasteiger partial charge in [0.15, 0.2) is 6.10 Å². The number of rotatable bonds is 7. The van der Waals surface area contributed by atoms with E-state index < -0.39 is 24.0 Å². The molecule has 1 aliphatic rings. The Hall–Kier alpha value is -3.29. The molecule has 0 aliphatic heterocycles. The van der Waals surface area contributed by atoms with Crippen LogP contribution in [0.3, 0.4) is 0 Å². The molecule has 2 aromatic rings. The third-order valence-corrected chi connectivity index (χ3v) is 4.82. The molecule has 8 heteroatoms. The van der Waals surface area contributed by atoms with Gasteiger partial charge < -0.3 is 19.2 Å². The molecule has 1 aromatic heterocycles. The summed E-state index contributed by atoms with van der Waals surface area (Å²) in [5.74, 6) is -0.426. The predicted octanol–water partition coefficient (Wildman–Crippen LogP) is 3.56. The Kier molecular flexibility index (Phi) is 7.48. The fourth-order valence-corrected chi connectivity index (χ4v) is 3.19. The van der Waals surface area contributed by atoms with E-state index in [-0.39, 0.29) is 18.4 Å². The number of esters is 1. The zero-order valence-corrected chi connectivity index (χ0v) is 16.9. The average molecular weight is 414 g/mol. The standard InChI is InChI=1S/C22H26N2O6/c1-15(20(25)24-22(27)23-16-8-4-2-5-9-16)29-21(26)19-13-12-18(30-19)14-28-17-10-6-3-7-11-17/h3,6-7,10-13,15-16H,2,4-5,8-9,14H2,1H3,(H2,23,24,25,27)/t15-/m0/s1. The second-order valence-electron chi connectivity index (χ2n) is 7.21. The van der Waals surface area contributed by atoms with Crippen molar-refractivity contribution < 1.29 is 28.3 Å². The Bertz CT molecular complexity index is 858. The van der Waals surface area contributed by atoms with Crippen LogP contribution in [0.15, 0.2) is 46.9 Å². The molecule has 1 aliphatic carbocycles. The van der Waals surface area contributed by atoms with Crippen LogP contribution in [-0.4, -0.2) is 30.1 Å². The number of carbonyl (C=O) groups excluding carboxylic acids is 3. The second-order valence-corrected chi connectivity index (χ2v) is 7.21. The van der Waals surface area contributed by atoms with E-state index in [1.165, 1.54) is 19.4 Å². The second kappa shape index (κ2) is 10.5. The van der Waals surface area contributed by atoms with Gasteiger partial charge >= 0.3 is 12.0 Å². The number of hydrogen-bond donors (Lipinski definition) is 2. The predicted molar refractivity (Wildman–Crippen MR) is 108 cm³/mol. The highest BCUT2D eigenvalue weighted by molar-refractivity contribution is 5.98. The number of ether oxygens (including phenoxy) is 2. The van der Waals surface area contributed by atoms with Crippen molar-refractivity contribution in [3.63, 3.8) is 0 Å². The zero-order chi connectivity index (χ0) is 21.3. The minimum absolute atomic E-state index is 0.0482. The lowest BCUT2D eigenvalue weighted by molar-refractivity contribution is -0.128. The third-order valence-electron chi connectivity index (χ3n) is 4.82. The van der Waals surface area contributed by atoms with Crippen molar-refractivity contribution in [2.75, 3.05) is 0 Å². The van der Waals surface area contributed by atoms with Crippen molar-refractivity contribution in [1.29, 1.82) is 0 Å². The molecular weight excluding hydrogens is 388 g/mol. The molecule has 0 bridgehead atoms. The molecule has 2 N–H and O–H groups in total. The quantitative estimate of drug-likeness (QED) is 0.671. The van der Waals surface area contributed by atoms with Crippen LogP contribution in [0.5, 0.6) is 5.75 Å². The maximum absolute atomic E-state index is 12.2. The number of benzene rings is 1. The van der Waals surface area contributed by atoms with Crippen LogP contribution in [0.2, 0.25) is 0 Å². The molecule has 0 radical (unpaired) electrons. The lowest BCUT2D eigenvalue weighted by Gasteiger charge is -2.23. The summed E-state index contributed by atoms with van der Waals surface area (Å²) in [6.45, 7) is 1.54. The van der Waals surface area contributed by atoms with Gasteiger partial charge in [-0.3, -0.25) is 10.1 Å². The Morgan fingerprint density at radius 3 is 2.53 bits per heavy atom. The van der Waals surface area contributed by atoms with Gasteiger partial charge in [-0.1, -0.05) is 37.5 Å². The van der Waals surface area contributed by atoms with Crippen molar-refractivity contribution in [2.45, 2.75) is 57.8 Å². The van der Waals surface area contributed by atoms with Crippen molar-refractivity contribution >= 4 is 17.9 Å². The van der Waals surface area contributed by atoms with Gasteiger partial charge in [0.05, 0.1) is 0 Å². The van der Waals surface area contributed by atoms with E-state index in [9.17, 15) is 14.4 Å². The summed E-state index contributed by atoms with van der Waals surface area (Å²) >= 11 is 0. The SMILES string of the molecule is C[C@H](OC(=O)c1ccc(COc2ccccc2)o1)C(=O)NC(=O)NC1CCCCC1. The molecule has 1 heterocycles. The van der Waals surface area contributed by atoms with Crippen LogP contribution in [-0.2, 0) is 16.1 Å². The van der Waals surface area contributed by atoms with Crippen LogP contribution in [0.4, 0.5) is 4.79 Å². The van der Waals surface area contributed by atoms with E-state index in [0.717, 1.165) is 25.7 Å². The van der Waals surface area contributed by atoms with Crippen molar-refractivity contribution in [3.05, 3.63) is 54.0 Å². The normalized spacial score (nSPS) is 15.1. The minimum Gasteiger partial charge on any atom is -0.486 e. The number of hydrogen-bond acceptors (Lipinski definition) is 6. The van der Waals surface area contributed by atoms with Gasteiger partial charge in [0.2, 0.25) is 5.76 Å². The topological polar surface area (TPSA) is 107 Å². The molecule has 1 atom stereocenters. The highest BCUT2D eigenvalue weighted by Crippen LogP contribution is 2.17. The van der Waals surface area contributed by atoms with Crippen LogP contribution in [0, 0.1) is 0 Å².